The molecule has 1 aromatic heterocycles. The first-order chi connectivity index (χ1) is 22.5. The van der Waals surface area contributed by atoms with Crippen molar-refractivity contribution < 1.29 is 28.5 Å². The summed E-state index contributed by atoms with van der Waals surface area (Å²) in [6.07, 6.45) is 1.71. The summed E-state index contributed by atoms with van der Waals surface area (Å²) in [6, 6.07) is 16.4. The van der Waals surface area contributed by atoms with Crippen LogP contribution in [0.15, 0.2) is 80.1 Å². The molecule has 0 saturated carbocycles. The zero-order chi connectivity index (χ0) is 33.8. The highest BCUT2D eigenvalue weighted by Crippen LogP contribution is 2.38. The average molecular weight is 834 g/mol. The van der Waals surface area contributed by atoms with Crippen molar-refractivity contribution >= 4 is 61.9 Å². The third-order valence-electron chi connectivity index (χ3n) is 7.23. The topological polar surface area (TPSA) is 97.6 Å². The van der Waals surface area contributed by atoms with Crippen molar-refractivity contribution in [2.45, 2.75) is 46.4 Å². The van der Waals surface area contributed by atoms with Crippen molar-refractivity contribution in [1.82, 2.24) is 4.57 Å². The van der Waals surface area contributed by atoms with E-state index in [9.17, 15) is 9.59 Å². The van der Waals surface area contributed by atoms with Gasteiger partial charge in [0, 0.05) is 3.57 Å². The van der Waals surface area contributed by atoms with Gasteiger partial charge in [0.25, 0.3) is 5.56 Å². The van der Waals surface area contributed by atoms with Gasteiger partial charge in [-0.2, -0.15) is 0 Å². The molecule has 47 heavy (non-hydrogen) atoms. The van der Waals surface area contributed by atoms with Gasteiger partial charge in [0.2, 0.25) is 0 Å². The van der Waals surface area contributed by atoms with E-state index in [1.165, 1.54) is 15.9 Å². The van der Waals surface area contributed by atoms with Crippen LogP contribution in [0.3, 0.4) is 0 Å². The Bertz CT molecular complexity index is 2020. The van der Waals surface area contributed by atoms with E-state index in [1.54, 1.807) is 46.3 Å². The van der Waals surface area contributed by atoms with E-state index in [0.29, 0.717) is 54.7 Å². The molecule has 9 nitrogen and oxygen atoms in total. The predicted molar refractivity (Wildman–Crippen MR) is 193 cm³/mol. The molecular formula is C35H34BrIN2O7S. The Kier molecular flexibility index (Phi) is 11.1. The zero-order valence-corrected chi connectivity index (χ0v) is 31.3. The van der Waals surface area contributed by atoms with E-state index in [1.807, 2.05) is 56.3 Å². The molecule has 12 heteroatoms. The van der Waals surface area contributed by atoms with Crippen LogP contribution in [0.4, 0.5) is 0 Å². The van der Waals surface area contributed by atoms with Gasteiger partial charge in [-0.1, -0.05) is 29.5 Å². The van der Waals surface area contributed by atoms with Gasteiger partial charge in [-0.15, -0.1) is 0 Å². The number of hydrogen-bond acceptors (Lipinski definition) is 9. The van der Waals surface area contributed by atoms with Gasteiger partial charge in [-0.3, -0.25) is 9.36 Å². The van der Waals surface area contributed by atoms with Gasteiger partial charge < -0.3 is 23.7 Å². The molecule has 4 aromatic rings. The van der Waals surface area contributed by atoms with Crippen molar-refractivity contribution in [1.29, 1.82) is 0 Å². The van der Waals surface area contributed by atoms with Gasteiger partial charge in [0.15, 0.2) is 27.8 Å². The number of aromatic nitrogens is 1. The lowest BCUT2D eigenvalue weighted by molar-refractivity contribution is -0.139. The van der Waals surface area contributed by atoms with Gasteiger partial charge in [-0.05, 0) is 125 Å². The zero-order valence-electron chi connectivity index (χ0n) is 26.8. The molecule has 0 unspecified atom stereocenters. The molecule has 5 rings (SSSR count). The monoisotopic (exact) mass is 832 g/mol. The van der Waals surface area contributed by atoms with Gasteiger partial charge in [0.05, 0.1) is 53.2 Å². The lowest BCUT2D eigenvalue weighted by Gasteiger charge is -2.25. The maximum atomic E-state index is 14.2. The Balaban J connectivity index is 1.59. The van der Waals surface area contributed by atoms with Gasteiger partial charge in [-0.25, -0.2) is 9.79 Å². The number of ether oxygens (including phenoxy) is 5. The maximum absolute atomic E-state index is 14.2. The first-order valence-corrected chi connectivity index (χ1v) is 17.5. The summed E-state index contributed by atoms with van der Waals surface area (Å²) in [5, 5.41) is 0. The third kappa shape index (κ3) is 7.60. The molecule has 246 valence electrons. The second-order valence-electron chi connectivity index (χ2n) is 10.8. The van der Waals surface area contributed by atoms with Crippen LogP contribution < -0.4 is 33.8 Å². The van der Waals surface area contributed by atoms with Crippen LogP contribution in [0.2, 0.25) is 0 Å². The van der Waals surface area contributed by atoms with Crippen molar-refractivity contribution in [3.63, 3.8) is 0 Å². The SMILES string of the molecule is CCOC(=O)C1=C(C)N=c2s/c(=C\c3cc(Br)c(OCc4ccc(I)cc4)c(OC)c3)c(=O)n2[C@@H]1c1ccc(OC(C)C)c(OC)c1. The second-order valence-corrected chi connectivity index (χ2v) is 13.9. The molecule has 1 atom stereocenters. The number of nitrogens with zero attached hydrogens (tertiary/aromatic N) is 2. The number of carbonyl (C=O) groups excluding carboxylic acids is 1. The van der Waals surface area contributed by atoms with Crippen LogP contribution in [0.5, 0.6) is 23.0 Å². The number of thiazole rings is 1. The van der Waals surface area contributed by atoms with Crippen LogP contribution in [0, 0.1) is 3.57 Å². The standard InChI is InChI=1S/C35H34BrIN2O7S/c1-7-44-34(41)30-20(4)38-35-39(31(30)23-10-13-26(46-19(2)3)27(17-23)42-5)33(40)29(47-35)16-22-14-25(36)32(28(15-22)43-6)45-18-21-8-11-24(37)12-9-21/h8-17,19,31H,7,18H2,1-6H3/b29-16-/t31-/m1/s1. The average Bonchev–Trinajstić information content (AvgIpc) is 3.34. The normalized spacial score (nSPS) is 14.5. The lowest BCUT2D eigenvalue weighted by Crippen LogP contribution is -2.40. The fraction of sp³-hybridized carbons (Fsp3) is 0.286. The molecule has 0 aliphatic carbocycles. The summed E-state index contributed by atoms with van der Waals surface area (Å²) in [7, 11) is 3.12. The highest BCUT2D eigenvalue weighted by Gasteiger charge is 2.34. The van der Waals surface area contributed by atoms with Crippen molar-refractivity contribution in [2.75, 3.05) is 20.8 Å². The summed E-state index contributed by atoms with van der Waals surface area (Å²) < 4.78 is 32.6. The van der Waals surface area contributed by atoms with E-state index < -0.39 is 12.0 Å². The summed E-state index contributed by atoms with van der Waals surface area (Å²) in [5.74, 6) is 1.57. The summed E-state index contributed by atoms with van der Waals surface area (Å²) in [6.45, 7) is 7.89. The minimum Gasteiger partial charge on any atom is -0.493 e. The third-order valence-corrected chi connectivity index (χ3v) is 9.52. The number of hydrogen-bond donors (Lipinski definition) is 0. The number of methoxy groups -OCH3 is 2. The molecule has 2 heterocycles. The van der Waals surface area contributed by atoms with E-state index in [4.69, 9.17) is 23.7 Å². The van der Waals surface area contributed by atoms with Gasteiger partial charge in [0.1, 0.15) is 6.61 Å². The smallest absolute Gasteiger partial charge is 0.338 e. The first kappa shape index (κ1) is 34.7. The molecule has 0 N–H and O–H groups in total. The minimum absolute atomic E-state index is 0.0723. The Morgan fingerprint density at radius 1 is 1.06 bits per heavy atom. The van der Waals surface area contributed by atoms with Crippen LogP contribution in [-0.2, 0) is 16.1 Å². The Labute approximate surface area is 298 Å². The van der Waals surface area contributed by atoms with E-state index in [2.05, 4.69) is 43.5 Å². The number of esters is 1. The summed E-state index contributed by atoms with van der Waals surface area (Å²) in [5.41, 5.74) is 2.85. The molecule has 1 aliphatic heterocycles. The minimum atomic E-state index is -0.798. The number of allylic oxidation sites excluding steroid dienone is 1. The van der Waals surface area contributed by atoms with Gasteiger partial charge >= 0.3 is 5.97 Å². The maximum Gasteiger partial charge on any atom is 0.338 e. The van der Waals surface area contributed by atoms with Crippen LogP contribution in [-0.4, -0.2) is 37.5 Å². The molecule has 0 amide bonds. The van der Waals surface area contributed by atoms with Crippen molar-refractivity contribution in [3.05, 3.63) is 110 Å². The number of carbonyl (C=O) groups is 1. The van der Waals surface area contributed by atoms with E-state index in [0.717, 1.165) is 14.7 Å². The predicted octanol–water partition coefficient (Wildman–Crippen LogP) is 6.55. The Hall–Kier alpha value is -3.62. The van der Waals surface area contributed by atoms with Crippen LogP contribution in [0.25, 0.3) is 6.08 Å². The van der Waals surface area contributed by atoms with E-state index >= 15 is 0 Å². The number of rotatable bonds is 11. The fourth-order valence-electron chi connectivity index (χ4n) is 5.16. The molecular weight excluding hydrogens is 799 g/mol. The fourth-order valence-corrected chi connectivity index (χ4v) is 7.14. The Morgan fingerprint density at radius 2 is 1.79 bits per heavy atom. The number of halogens is 2. The Morgan fingerprint density at radius 3 is 2.45 bits per heavy atom. The van der Waals surface area contributed by atoms with Crippen LogP contribution >= 0.6 is 49.9 Å². The number of benzene rings is 3. The summed E-state index contributed by atoms with van der Waals surface area (Å²) in [4.78, 5) is 32.6. The molecule has 1 aliphatic rings. The molecule has 0 fully saturated rings. The van der Waals surface area contributed by atoms with Crippen molar-refractivity contribution in [3.8, 4) is 23.0 Å². The van der Waals surface area contributed by atoms with Crippen LogP contribution in [0.1, 0.15) is 50.4 Å². The molecule has 0 bridgehead atoms. The molecule has 0 saturated heterocycles. The summed E-state index contributed by atoms with van der Waals surface area (Å²) >= 11 is 7.13. The highest BCUT2D eigenvalue weighted by atomic mass is 127. The van der Waals surface area contributed by atoms with Crippen molar-refractivity contribution in [2.24, 2.45) is 4.99 Å². The molecule has 3 aromatic carbocycles. The molecule has 0 spiro atoms. The van der Waals surface area contributed by atoms with E-state index in [-0.39, 0.29) is 23.8 Å². The second kappa shape index (κ2) is 15.1. The molecule has 0 radical (unpaired) electrons. The number of fused-ring (bicyclic) bond motifs is 1. The highest BCUT2D eigenvalue weighted by molar-refractivity contribution is 14.1. The quantitative estimate of drug-likeness (QED) is 0.125. The lowest BCUT2D eigenvalue weighted by atomic mass is 9.95. The first-order valence-electron chi connectivity index (χ1n) is 14.8. The largest absolute Gasteiger partial charge is 0.493 e.